The van der Waals surface area contributed by atoms with Crippen molar-refractivity contribution in [3.8, 4) is 0 Å². The van der Waals surface area contributed by atoms with Gasteiger partial charge in [0.1, 0.15) is 26.2 Å². The van der Waals surface area contributed by atoms with Gasteiger partial charge in [0.15, 0.2) is 0 Å². The molecule has 0 fully saturated rings. The molecule has 0 spiro atoms. The molecule has 0 aromatic rings. The second kappa shape index (κ2) is 38.0. The van der Waals surface area contributed by atoms with E-state index in [1.807, 2.05) is 0 Å². The summed E-state index contributed by atoms with van der Waals surface area (Å²) in [6, 6.07) is 0. The molecule has 0 aromatic carbocycles. The van der Waals surface area contributed by atoms with Crippen LogP contribution in [0.3, 0.4) is 0 Å². The Kier molecular flexibility index (Phi) is 61.8. The summed E-state index contributed by atoms with van der Waals surface area (Å²) in [5.41, 5.74) is 0. The van der Waals surface area contributed by atoms with E-state index in [-0.39, 0.29) is 135 Å². The van der Waals surface area contributed by atoms with Gasteiger partial charge in [0.25, 0.3) is 0 Å². The van der Waals surface area contributed by atoms with Crippen molar-refractivity contribution in [1.29, 1.82) is 0 Å². The third-order valence-corrected chi connectivity index (χ3v) is 20.4. The Hall–Kier alpha value is 5.50. The number of nitrogens with one attached hydrogen (secondary N) is 4. The molecule has 0 heterocycles. The van der Waals surface area contributed by atoms with Crippen molar-refractivity contribution in [2.45, 2.75) is 118 Å². The smallest absolute Gasteiger partial charge is 1.00 e. The Bertz CT molecular complexity index is 519. The van der Waals surface area contributed by atoms with Crippen molar-refractivity contribution >= 4 is 49.4 Å². The van der Waals surface area contributed by atoms with Crippen LogP contribution in [-0.4, -0.2) is 132 Å². The van der Waals surface area contributed by atoms with Crippen molar-refractivity contribution in [2.24, 2.45) is 0 Å². The van der Waals surface area contributed by atoms with Crippen molar-refractivity contribution in [3.63, 3.8) is 0 Å². The Morgan fingerprint density at radius 2 is 0.354 bits per heavy atom. The minimum absolute atomic E-state index is 0. The molecule has 7 nitrogen and oxygen atoms in total. The van der Waals surface area contributed by atoms with E-state index < -0.39 is 49.4 Å². The predicted molar refractivity (Wildman–Crippen MR) is 221 cm³/mol. The van der Waals surface area contributed by atoms with E-state index in [4.69, 9.17) is 13.9 Å². The summed E-state index contributed by atoms with van der Waals surface area (Å²) in [5.74, 6) is 0. The number of hydrogen-bond acceptors (Lipinski definition) is 0. The van der Waals surface area contributed by atoms with E-state index in [0.29, 0.717) is 0 Å². The third kappa shape index (κ3) is 117. The fourth-order valence-electron chi connectivity index (χ4n) is 4.02. The molecule has 0 saturated carbocycles. The maximum absolute atomic E-state index is 4.82. The zero-order chi connectivity index (χ0) is 36.3. The molecule has 48 heavy (non-hydrogen) atoms. The largest absolute Gasteiger partial charge is 1.00 e. The second-order valence-electron chi connectivity index (χ2n) is 19.2. The molecule has 0 atom stereocenters. The maximum atomic E-state index is 4.82. The van der Waals surface area contributed by atoms with Crippen LogP contribution in [0.4, 0.5) is 0 Å². The zero-order valence-electron chi connectivity index (χ0n) is 39.5. The van der Waals surface area contributed by atoms with Crippen molar-refractivity contribution in [1.82, 2.24) is 0 Å². The van der Waals surface area contributed by atoms with Crippen molar-refractivity contribution in [3.05, 3.63) is 13.9 Å². The molecule has 0 aliphatic carbocycles. The fourth-order valence-corrected chi connectivity index (χ4v) is 28.2. The van der Waals surface area contributed by atoms with Gasteiger partial charge in [-0.05, 0) is 0 Å². The topological polar surface area (TPSA) is 60.1 Å². The summed E-state index contributed by atoms with van der Waals surface area (Å²) >= 11 is 0. The van der Waals surface area contributed by atoms with Crippen LogP contribution in [0.15, 0.2) is 0 Å². The van der Waals surface area contributed by atoms with Gasteiger partial charge in [-0.1, -0.05) is 167 Å². The molecule has 0 aliphatic heterocycles. The Labute approximate surface area is 412 Å². The van der Waals surface area contributed by atoms with Gasteiger partial charge in [0, 0.05) is 0 Å². The average molecular weight is 889 g/mol. The second-order valence-corrected chi connectivity index (χ2v) is 47.9. The van der Waals surface area contributed by atoms with E-state index >= 15 is 0 Å². The Morgan fingerprint density at radius 3 is 0.375 bits per heavy atom. The van der Waals surface area contributed by atoms with Gasteiger partial charge < -0.3 is 50.5 Å². The summed E-state index contributed by atoms with van der Waals surface area (Å²) in [7, 11) is 10.8. The Balaban J connectivity index is -0.0000000459. The molecule has 0 amide bonds. The number of nitrogens with zero attached hydrogens (tertiary/aromatic N) is 3. The number of rotatable bonds is 12. The average Bonchev–Trinajstić information content (AvgIpc) is 2.57. The maximum Gasteiger partial charge on any atom is 1.00 e. The van der Waals surface area contributed by atoms with Crippen LogP contribution in [0, 0.1) is 0 Å². The standard InChI is InChI=1S/2C6H16N2.3C6H18NSi2.BrH.4Na/c2*1-7(2)5-6-8(3)4;3*1-8(2,3)7-9(4,5)6;;;;;/h2*5-6H2,1-4H3;3*1-6H3;1H;;;;/q;;3*-1;;4*+1/p+3. The van der Waals surface area contributed by atoms with Gasteiger partial charge in [0.2, 0.25) is 0 Å². The summed E-state index contributed by atoms with van der Waals surface area (Å²) in [6.07, 6.45) is 0. The van der Waals surface area contributed by atoms with Crippen LogP contribution >= 0.6 is 0 Å². The molecule has 0 unspecified atom stereocenters. The SMILES string of the molecule is C[NH+](C)CC[NH+](C)C.C[NH+](C)CC[NH+](C)C.C[Si](C)(C)[N-][Si](C)(C)C.C[Si](C)(C)[N-][Si](C)(C)C.C[Si](C)(C)[N-][Si](C)(C)C.[Br-].[Na+].[Na+].[Na+].[Na+]. The van der Waals surface area contributed by atoms with Gasteiger partial charge in [-0.2, -0.15) is 0 Å². The van der Waals surface area contributed by atoms with Crippen LogP contribution in [0.1, 0.15) is 0 Å². The number of likely N-dealkylation sites (N-methyl/N-ethyl adjacent to an activating group) is 4. The zero-order valence-corrected chi connectivity index (χ0v) is 55.1. The summed E-state index contributed by atoms with van der Waals surface area (Å²) < 4.78 is 14.5. The summed E-state index contributed by atoms with van der Waals surface area (Å²) in [5, 5.41) is 0. The van der Waals surface area contributed by atoms with Gasteiger partial charge in [-0.15, -0.1) is 0 Å². The van der Waals surface area contributed by atoms with Crippen LogP contribution < -0.4 is 155 Å². The normalized spacial score (nSPS) is 11.6. The minimum Gasteiger partial charge on any atom is -1.00 e. The molecule has 0 radical (unpaired) electrons. The summed E-state index contributed by atoms with van der Waals surface area (Å²) in [6.45, 7) is 46.4. The molecule has 0 aromatic heterocycles. The molecule has 0 aliphatic rings. The molecule has 0 bridgehead atoms. The van der Waals surface area contributed by atoms with E-state index in [1.165, 1.54) is 45.8 Å². The predicted octanol–water partition coefficient (Wildman–Crippen LogP) is -11.3. The van der Waals surface area contributed by atoms with Crippen LogP contribution in [0.25, 0.3) is 13.9 Å². The molecular weight excluding hydrogens is 799 g/mol. The van der Waals surface area contributed by atoms with E-state index in [0.717, 1.165) is 0 Å². The molecule has 18 heteroatoms. The molecule has 0 saturated heterocycles. The van der Waals surface area contributed by atoms with E-state index in [1.54, 1.807) is 0 Å². The Morgan fingerprint density at radius 1 is 0.271 bits per heavy atom. The molecule has 276 valence electrons. The first-order valence-corrected chi connectivity index (χ1v) is 37.4. The van der Waals surface area contributed by atoms with E-state index in [2.05, 4.69) is 174 Å². The molecule has 4 N–H and O–H groups in total. The van der Waals surface area contributed by atoms with Crippen molar-refractivity contribution in [2.75, 3.05) is 82.6 Å². The first kappa shape index (κ1) is 77.9. The van der Waals surface area contributed by atoms with Gasteiger partial charge >= 0.3 is 118 Å². The minimum atomic E-state index is -1.11. The number of quaternary nitrogens is 4. The van der Waals surface area contributed by atoms with Gasteiger partial charge in [-0.3, -0.25) is 0 Å². The summed E-state index contributed by atoms with van der Waals surface area (Å²) in [4.78, 5) is 6.13. The third-order valence-electron chi connectivity index (χ3n) is 4.26. The fraction of sp³-hybridized carbons (Fsp3) is 1.00. The van der Waals surface area contributed by atoms with Crippen LogP contribution in [-0.2, 0) is 0 Å². The van der Waals surface area contributed by atoms with Crippen LogP contribution in [0.5, 0.6) is 0 Å². The van der Waals surface area contributed by atoms with Gasteiger partial charge in [0.05, 0.1) is 56.4 Å². The van der Waals surface area contributed by atoms with Gasteiger partial charge in [-0.25, -0.2) is 0 Å². The number of hydrogen-bond donors (Lipinski definition) is 4. The first-order chi connectivity index (χ1) is 18.4. The van der Waals surface area contributed by atoms with Crippen molar-refractivity contribution < 1.29 is 155 Å². The quantitative estimate of drug-likeness (QED) is 0.141. The first-order valence-electron chi connectivity index (χ1n) is 16.8. The van der Waals surface area contributed by atoms with Crippen LogP contribution in [0.2, 0.25) is 118 Å². The number of halogens is 1. The molecular formula is C30H90BrN7Na4Si6+4. The molecule has 0 rings (SSSR count). The monoisotopic (exact) mass is 887 g/mol. The van der Waals surface area contributed by atoms with E-state index in [9.17, 15) is 0 Å².